The predicted molar refractivity (Wildman–Crippen MR) is 80.8 cm³/mol. The van der Waals surface area contributed by atoms with Crippen LogP contribution in [0.25, 0.3) is 10.1 Å². The van der Waals surface area contributed by atoms with Crippen molar-refractivity contribution in [1.82, 2.24) is 4.72 Å². The first-order chi connectivity index (χ1) is 9.40. The average Bonchev–Trinajstić information content (AvgIpc) is 2.77. The maximum Gasteiger partial charge on any atom is 0.242 e. The number of sulfonamides is 1. The summed E-state index contributed by atoms with van der Waals surface area (Å²) in [5, 5.41) is 12.7. The molecule has 0 aliphatic heterocycles. The Morgan fingerprint density at radius 2 is 2.15 bits per heavy atom. The van der Waals surface area contributed by atoms with Crippen molar-refractivity contribution in [1.29, 1.82) is 0 Å². The lowest BCUT2D eigenvalue weighted by molar-refractivity contribution is -0.0270. The fourth-order valence-electron chi connectivity index (χ4n) is 2.25. The molecule has 1 aromatic heterocycles. The molecule has 1 aliphatic carbocycles. The third-order valence-corrected chi connectivity index (χ3v) is 6.45. The number of nitrogens with one attached hydrogen (secondary N) is 1. The first-order valence-electron chi connectivity index (χ1n) is 6.28. The Morgan fingerprint density at radius 1 is 1.40 bits per heavy atom. The van der Waals surface area contributed by atoms with E-state index < -0.39 is 15.6 Å². The van der Waals surface area contributed by atoms with Crippen molar-refractivity contribution >= 4 is 43.0 Å². The molecule has 0 bridgehead atoms. The van der Waals surface area contributed by atoms with Crippen molar-refractivity contribution in [3.05, 3.63) is 28.6 Å². The van der Waals surface area contributed by atoms with E-state index in [-0.39, 0.29) is 11.4 Å². The number of hydrogen-bond acceptors (Lipinski definition) is 4. The minimum Gasteiger partial charge on any atom is -0.389 e. The van der Waals surface area contributed by atoms with E-state index in [0.717, 1.165) is 11.1 Å². The normalized spacial score (nSPS) is 18.1. The molecule has 0 spiro atoms. The summed E-state index contributed by atoms with van der Waals surface area (Å²) in [5.41, 5.74) is -0.878. The van der Waals surface area contributed by atoms with Crippen LogP contribution in [0.15, 0.2) is 28.5 Å². The third kappa shape index (κ3) is 2.58. The van der Waals surface area contributed by atoms with Gasteiger partial charge in [0.1, 0.15) is 4.90 Å². The molecule has 3 rings (SSSR count). The van der Waals surface area contributed by atoms with Gasteiger partial charge in [0, 0.05) is 27.0 Å². The fraction of sp³-hybridized carbons (Fsp3) is 0.385. The van der Waals surface area contributed by atoms with Crippen LogP contribution in [0.2, 0.25) is 5.02 Å². The molecule has 0 unspecified atom stereocenters. The van der Waals surface area contributed by atoms with Gasteiger partial charge < -0.3 is 5.11 Å². The Labute approximate surface area is 126 Å². The van der Waals surface area contributed by atoms with Gasteiger partial charge in [-0.1, -0.05) is 11.6 Å². The van der Waals surface area contributed by atoms with Crippen LogP contribution < -0.4 is 4.72 Å². The van der Waals surface area contributed by atoms with Gasteiger partial charge in [-0.3, -0.25) is 0 Å². The topological polar surface area (TPSA) is 66.4 Å². The molecular weight excluding hydrogens is 318 g/mol. The molecule has 1 fully saturated rings. The molecule has 4 nitrogen and oxygen atoms in total. The second-order valence-corrected chi connectivity index (χ2v) is 8.23. The molecule has 0 atom stereocenters. The van der Waals surface area contributed by atoms with Crippen molar-refractivity contribution in [2.45, 2.75) is 29.8 Å². The van der Waals surface area contributed by atoms with Gasteiger partial charge in [0.2, 0.25) is 10.0 Å². The average molecular weight is 332 g/mol. The van der Waals surface area contributed by atoms with Gasteiger partial charge in [0.25, 0.3) is 0 Å². The second-order valence-electron chi connectivity index (χ2n) is 5.14. The second kappa shape index (κ2) is 4.96. The molecule has 1 aromatic carbocycles. The van der Waals surface area contributed by atoms with Gasteiger partial charge in [0.05, 0.1) is 5.60 Å². The predicted octanol–water partition coefficient (Wildman–Crippen LogP) is 2.75. The first-order valence-corrected chi connectivity index (χ1v) is 9.03. The van der Waals surface area contributed by atoms with E-state index in [9.17, 15) is 13.5 Å². The third-order valence-electron chi connectivity index (χ3n) is 3.67. The largest absolute Gasteiger partial charge is 0.389 e. The number of aliphatic hydroxyl groups is 1. The molecule has 2 N–H and O–H groups in total. The summed E-state index contributed by atoms with van der Waals surface area (Å²) in [5.74, 6) is 0. The lowest BCUT2D eigenvalue weighted by atomic mass is 9.81. The summed E-state index contributed by atoms with van der Waals surface area (Å²) >= 11 is 7.29. The van der Waals surface area contributed by atoms with Gasteiger partial charge in [-0.2, -0.15) is 0 Å². The number of hydrogen-bond donors (Lipinski definition) is 2. The Morgan fingerprint density at radius 3 is 2.80 bits per heavy atom. The van der Waals surface area contributed by atoms with Crippen LogP contribution in [0.4, 0.5) is 0 Å². The van der Waals surface area contributed by atoms with Gasteiger partial charge in [0.15, 0.2) is 0 Å². The maximum atomic E-state index is 12.3. The molecule has 0 radical (unpaired) electrons. The molecule has 1 saturated carbocycles. The number of thiophene rings is 1. The Kier molecular flexibility index (Phi) is 3.54. The standard InChI is InChI=1S/C13H14ClNO3S2/c14-9-2-3-11-10(6-9)12(7-19-11)20(17,18)15-8-13(16)4-1-5-13/h2-3,6-7,15-16H,1,4-5,8H2. The van der Waals surface area contributed by atoms with E-state index in [1.165, 1.54) is 11.3 Å². The number of rotatable bonds is 4. The molecule has 0 saturated heterocycles. The number of halogens is 1. The molecule has 108 valence electrons. The Bertz CT molecular complexity index is 750. The monoisotopic (exact) mass is 331 g/mol. The van der Waals surface area contributed by atoms with Gasteiger partial charge in [-0.15, -0.1) is 11.3 Å². The smallest absolute Gasteiger partial charge is 0.242 e. The Balaban J connectivity index is 1.90. The lowest BCUT2D eigenvalue weighted by Crippen LogP contribution is -2.47. The van der Waals surface area contributed by atoms with Crippen molar-refractivity contribution in [3.8, 4) is 0 Å². The highest BCUT2D eigenvalue weighted by molar-refractivity contribution is 7.90. The minimum atomic E-state index is -3.63. The molecule has 0 amide bonds. The number of benzene rings is 1. The summed E-state index contributed by atoms with van der Waals surface area (Å²) < 4.78 is 28.1. The molecule has 7 heteroatoms. The quantitative estimate of drug-likeness (QED) is 0.905. The summed E-state index contributed by atoms with van der Waals surface area (Å²) in [6, 6.07) is 5.20. The highest BCUT2D eigenvalue weighted by Crippen LogP contribution is 2.33. The van der Waals surface area contributed by atoms with E-state index in [4.69, 9.17) is 11.6 Å². The SMILES string of the molecule is O=S(=O)(NCC1(O)CCC1)c1csc2ccc(Cl)cc12. The summed E-state index contributed by atoms with van der Waals surface area (Å²) in [6.07, 6.45) is 2.23. The molecular formula is C13H14ClNO3S2. The van der Waals surface area contributed by atoms with E-state index in [1.54, 1.807) is 23.6 Å². The van der Waals surface area contributed by atoms with Crippen LogP contribution >= 0.6 is 22.9 Å². The van der Waals surface area contributed by atoms with E-state index in [0.29, 0.717) is 23.3 Å². The molecule has 1 heterocycles. The van der Waals surface area contributed by atoms with Crippen molar-refractivity contribution in [2.24, 2.45) is 0 Å². The maximum absolute atomic E-state index is 12.3. The van der Waals surface area contributed by atoms with Gasteiger partial charge in [-0.25, -0.2) is 13.1 Å². The zero-order chi connectivity index (χ0) is 14.4. The summed E-state index contributed by atoms with van der Waals surface area (Å²) in [6.45, 7) is 0.0627. The van der Waals surface area contributed by atoms with Crippen molar-refractivity contribution in [3.63, 3.8) is 0 Å². The van der Waals surface area contributed by atoms with Crippen LogP contribution in [0.5, 0.6) is 0 Å². The van der Waals surface area contributed by atoms with Crippen LogP contribution in [-0.2, 0) is 10.0 Å². The van der Waals surface area contributed by atoms with Gasteiger partial charge in [-0.05, 0) is 37.5 Å². The highest BCUT2D eigenvalue weighted by Gasteiger charge is 2.35. The number of fused-ring (bicyclic) bond motifs is 1. The van der Waals surface area contributed by atoms with E-state index in [2.05, 4.69) is 4.72 Å². The Hall–Kier alpha value is -0.660. The first kappa shape index (κ1) is 14.3. The summed E-state index contributed by atoms with van der Waals surface area (Å²) in [7, 11) is -3.63. The fourth-order valence-corrected chi connectivity index (χ4v) is 5.02. The minimum absolute atomic E-state index is 0.0627. The zero-order valence-corrected chi connectivity index (χ0v) is 13.0. The van der Waals surface area contributed by atoms with Crippen molar-refractivity contribution in [2.75, 3.05) is 6.54 Å². The van der Waals surface area contributed by atoms with Crippen LogP contribution in [0, 0.1) is 0 Å². The van der Waals surface area contributed by atoms with Crippen LogP contribution in [-0.4, -0.2) is 25.7 Å². The molecule has 2 aromatic rings. The van der Waals surface area contributed by atoms with Crippen LogP contribution in [0.1, 0.15) is 19.3 Å². The zero-order valence-electron chi connectivity index (χ0n) is 10.6. The van der Waals surface area contributed by atoms with Crippen LogP contribution in [0.3, 0.4) is 0 Å². The van der Waals surface area contributed by atoms with E-state index in [1.807, 2.05) is 0 Å². The van der Waals surface area contributed by atoms with Gasteiger partial charge >= 0.3 is 0 Å². The molecule has 1 aliphatic rings. The lowest BCUT2D eigenvalue weighted by Gasteiger charge is -2.36. The molecule has 20 heavy (non-hydrogen) atoms. The highest BCUT2D eigenvalue weighted by atomic mass is 35.5. The van der Waals surface area contributed by atoms with Crippen molar-refractivity contribution < 1.29 is 13.5 Å². The summed E-state index contributed by atoms with van der Waals surface area (Å²) in [4.78, 5) is 0.225. The van der Waals surface area contributed by atoms with E-state index >= 15 is 0 Å².